The van der Waals surface area contributed by atoms with Crippen LogP contribution in [0.15, 0.2) is 17.0 Å². The molecule has 0 spiro atoms. The largest absolute Gasteiger partial charge is 0.476 e. The minimum absolute atomic E-state index is 0.0773. The molecule has 19 heavy (non-hydrogen) atoms. The van der Waals surface area contributed by atoms with Crippen LogP contribution in [0.5, 0.6) is 5.75 Å². The van der Waals surface area contributed by atoms with Gasteiger partial charge in [0.1, 0.15) is 10.7 Å². The van der Waals surface area contributed by atoms with E-state index in [0.717, 1.165) is 0 Å². The molecule has 0 aliphatic carbocycles. The Labute approximate surface area is 112 Å². The van der Waals surface area contributed by atoms with Crippen molar-refractivity contribution in [1.29, 1.82) is 0 Å². The number of halogens is 3. The van der Waals surface area contributed by atoms with Crippen LogP contribution in [0.2, 0.25) is 0 Å². The van der Waals surface area contributed by atoms with Crippen LogP contribution < -0.4 is 10.5 Å². The van der Waals surface area contributed by atoms with Crippen molar-refractivity contribution >= 4 is 25.6 Å². The fraction of sp³-hybridized carbons (Fsp3) is 0.300. The summed E-state index contributed by atoms with van der Waals surface area (Å²) in [4.78, 5) is 10.1. The lowest BCUT2D eigenvalue weighted by atomic mass is 10.2. The van der Waals surface area contributed by atoms with Gasteiger partial charge in [0.15, 0.2) is 17.7 Å². The summed E-state index contributed by atoms with van der Waals surface area (Å²) < 4.78 is 53.9. The van der Waals surface area contributed by atoms with E-state index in [1.807, 2.05) is 0 Å². The predicted octanol–water partition coefficient (Wildman–Crippen LogP) is 1.53. The average molecular weight is 314 g/mol. The molecular weight excluding hydrogens is 304 g/mol. The van der Waals surface area contributed by atoms with Gasteiger partial charge >= 0.3 is 0 Å². The summed E-state index contributed by atoms with van der Waals surface area (Å²) in [5.74, 6) is -4.18. The number of rotatable bonds is 5. The van der Waals surface area contributed by atoms with Gasteiger partial charge < -0.3 is 10.5 Å². The molecule has 0 aliphatic rings. The molecule has 1 rings (SSSR count). The highest BCUT2D eigenvalue weighted by Gasteiger charge is 2.26. The minimum Gasteiger partial charge on any atom is -0.476 e. The van der Waals surface area contributed by atoms with Crippen LogP contribution in [0.4, 0.5) is 8.78 Å². The SMILES string of the molecule is CCC(Oc1c(F)cc(F)cc1S(=O)(=O)Cl)C(N)=O. The maximum absolute atomic E-state index is 13.6. The van der Waals surface area contributed by atoms with E-state index in [4.69, 9.17) is 21.2 Å². The number of ether oxygens (including phenoxy) is 1. The van der Waals surface area contributed by atoms with Crippen LogP contribution in [0.3, 0.4) is 0 Å². The topological polar surface area (TPSA) is 86.5 Å². The Balaban J connectivity index is 3.38. The van der Waals surface area contributed by atoms with Crippen LogP contribution in [0, 0.1) is 11.6 Å². The van der Waals surface area contributed by atoms with Crippen LogP contribution >= 0.6 is 10.7 Å². The Bertz CT molecular complexity index is 606. The monoisotopic (exact) mass is 313 g/mol. The second-order valence-electron chi connectivity index (χ2n) is 3.57. The van der Waals surface area contributed by atoms with E-state index in [1.54, 1.807) is 0 Å². The van der Waals surface area contributed by atoms with Crippen LogP contribution in [0.1, 0.15) is 13.3 Å². The number of hydrogen-bond donors (Lipinski definition) is 1. The summed E-state index contributed by atoms with van der Waals surface area (Å²) in [5.41, 5.74) is 4.99. The molecule has 2 N–H and O–H groups in total. The molecule has 5 nitrogen and oxygen atoms in total. The third kappa shape index (κ3) is 3.77. The maximum atomic E-state index is 13.6. The average Bonchev–Trinajstić information content (AvgIpc) is 2.25. The van der Waals surface area contributed by atoms with Crippen molar-refractivity contribution in [2.45, 2.75) is 24.3 Å². The highest BCUT2D eigenvalue weighted by molar-refractivity contribution is 8.13. The van der Waals surface area contributed by atoms with E-state index in [0.29, 0.717) is 12.1 Å². The van der Waals surface area contributed by atoms with E-state index in [-0.39, 0.29) is 6.42 Å². The smallest absolute Gasteiger partial charge is 0.265 e. The van der Waals surface area contributed by atoms with Crippen molar-refractivity contribution in [3.63, 3.8) is 0 Å². The molecule has 0 radical (unpaired) electrons. The fourth-order valence-corrected chi connectivity index (χ4v) is 2.28. The number of hydrogen-bond acceptors (Lipinski definition) is 4. The highest BCUT2D eigenvalue weighted by Crippen LogP contribution is 2.31. The van der Waals surface area contributed by atoms with Gasteiger partial charge in [-0.1, -0.05) is 6.92 Å². The molecule has 1 amide bonds. The Morgan fingerprint density at radius 1 is 1.47 bits per heavy atom. The van der Waals surface area contributed by atoms with Crippen molar-refractivity contribution in [1.82, 2.24) is 0 Å². The second kappa shape index (κ2) is 5.70. The molecular formula is C10H10ClF2NO4S. The van der Waals surface area contributed by atoms with Gasteiger partial charge in [-0.15, -0.1) is 0 Å². The molecule has 0 saturated heterocycles. The summed E-state index contributed by atoms with van der Waals surface area (Å²) in [6.07, 6.45) is -1.18. The summed E-state index contributed by atoms with van der Waals surface area (Å²) >= 11 is 0. The lowest BCUT2D eigenvalue weighted by Gasteiger charge is -2.16. The minimum atomic E-state index is -4.44. The van der Waals surface area contributed by atoms with Crippen molar-refractivity contribution < 1.29 is 26.7 Å². The van der Waals surface area contributed by atoms with E-state index in [2.05, 4.69) is 0 Å². The van der Waals surface area contributed by atoms with Crippen LogP contribution in [0.25, 0.3) is 0 Å². The normalized spacial score (nSPS) is 13.1. The first-order valence-corrected chi connectivity index (χ1v) is 7.37. The first kappa shape index (κ1) is 15.6. The van der Waals surface area contributed by atoms with Gasteiger partial charge in [0.25, 0.3) is 15.0 Å². The molecule has 0 aliphatic heterocycles. The number of carbonyl (C=O) groups is 1. The third-order valence-corrected chi connectivity index (χ3v) is 3.51. The van der Waals surface area contributed by atoms with E-state index < -0.39 is 43.3 Å². The zero-order valence-electron chi connectivity index (χ0n) is 9.69. The van der Waals surface area contributed by atoms with Gasteiger partial charge in [-0.3, -0.25) is 4.79 Å². The van der Waals surface area contributed by atoms with E-state index >= 15 is 0 Å². The third-order valence-electron chi connectivity index (χ3n) is 2.19. The van der Waals surface area contributed by atoms with Crippen molar-refractivity contribution in [2.75, 3.05) is 0 Å². The molecule has 106 valence electrons. The summed E-state index contributed by atoms with van der Waals surface area (Å²) in [6.45, 7) is 1.52. The number of carbonyl (C=O) groups excluding carboxylic acids is 1. The van der Waals surface area contributed by atoms with E-state index in [1.165, 1.54) is 6.92 Å². The first-order valence-electron chi connectivity index (χ1n) is 5.06. The number of amides is 1. The van der Waals surface area contributed by atoms with Crippen molar-refractivity contribution in [2.24, 2.45) is 5.73 Å². The Kier molecular flexibility index (Phi) is 4.70. The zero-order valence-corrected chi connectivity index (χ0v) is 11.3. The quantitative estimate of drug-likeness (QED) is 0.835. The molecule has 1 atom stereocenters. The maximum Gasteiger partial charge on any atom is 0.265 e. The molecule has 1 unspecified atom stereocenters. The molecule has 0 saturated carbocycles. The van der Waals surface area contributed by atoms with Gasteiger partial charge in [0.2, 0.25) is 0 Å². The Hall–Kier alpha value is -1.41. The predicted molar refractivity (Wildman–Crippen MR) is 63.3 cm³/mol. The Morgan fingerprint density at radius 2 is 2.05 bits per heavy atom. The summed E-state index contributed by atoms with van der Waals surface area (Å²) in [5, 5.41) is 0. The van der Waals surface area contributed by atoms with Crippen LogP contribution in [-0.4, -0.2) is 20.4 Å². The second-order valence-corrected chi connectivity index (χ2v) is 6.10. The molecule has 1 aromatic carbocycles. The van der Waals surface area contributed by atoms with Gasteiger partial charge in [0.05, 0.1) is 0 Å². The number of benzene rings is 1. The molecule has 0 bridgehead atoms. The van der Waals surface area contributed by atoms with E-state index in [9.17, 15) is 22.0 Å². The van der Waals surface area contributed by atoms with Gasteiger partial charge in [-0.2, -0.15) is 0 Å². The van der Waals surface area contributed by atoms with Crippen molar-refractivity contribution in [3.8, 4) is 5.75 Å². The number of nitrogens with two attached hydrogens (primary N) is 1. The fourth-order valence-electron chi connectivity index (χ4n) is 1.32. The van der Waals surface area contributed by atoms with Crippen LogP contribution in [-0.2, 0) is 13.8 Å². The highest BCUT2D eigenvalue weighted by atomic mass is 35.7. The van der Waals surface area contributed by atoms with Gasteiger partial charge in [0, 0.05) is 16.7 Å². The molecule has 0 fully saturated rings. The standard InChI is InChI=1S/C10H10ClF2NO4S/c1-2-7(10(14)15)18-9-6(13)3-5(12)4-8(9)19(11,16)17/h3-4,7H,2H2,1H3,(H2,14,15). The molecule has 0 heterocycles. The first-order chi connectivity index (χ1) is 8.66. The summed E-state index contributed by atoms with van der Waals surface area (Å²) in [7, 11) is 0.614. The summed E-state index contributed by atoms with van der Waals surface area (Å²) in [6, 6.07) is 0.906. The molecule has 1 aromatic rings. The lowest BCUT2D eigenvalue weighted by Crippen LogP contribution is -2.33. The van der Waals surface area contributed by atoms with Gasteiger partial charge in [-0.25, -0.2) is 17.2 Å². The van der Waals surface area contributed by atoms with Gasteiger partial charge in [-0.05, 0) is 12.5 Å². The lowest BCUT2D eigenvalue weighted by molar-refractivity contribution is -0.124. The molecule has 0 aromatic heterocycles. The Morgan fingerprint density at radius 3 is 2.47 bits per heavy atom. The zero-order chi connectivity index (χ0) is 14.8. The van der Waals surface area contributed by atoms with Crippen molar-refractivity contribution in [3.05, 3.63) is 23.8 Å². The molecule has 9 heteroatoms. The number of primary amides is 1.